The molecule has 0 fully saturated rings. The highest BCUT2D eigenvalue weighted by Gasteiger charge is 2.53. The van der Waals surface area contributed by atoms with Crippen LogP contribution in [0.1, 0.15) is 87.3 Å². The van der Waals surface area contributed by atoms with Crippen molar-refractivity contribution in [3.8, 4) is 57.1 Å². The van der Waals surface area contributed by atoms with Crippen LogP contribution in [0, 0.1) is 6.92 Å². The monoisotopic (exact) mass is 1100 g/mol. The number of fused-ring (bicyclic) bond motifs is 5. The number of aryl methyl sites for hydroxylation is 1. The number of imide groups is 2. The van der Waals surface area contributed by atoms with Crippen molar-refractivity contribution in [3.63, 3.8) is 0 Å². The second-order valence-corrected chi connectivity index (χ2v) is 20.8. The molecule has 0 radical (unpaired) electrons. The number of ether oxygens (including phenoxy) is 4. The minimum absolute atomic E-state index is 0.0129. The average Bonchev–Trinajstić information content (AvgIpc) is 1.79. The molecule has 13 rings (SSSR count). The lowest BCUT2D eigenvalue weighted by Gasteiger charge is -2.34. The summed E-state index contributed by atoms with van der Waals surface area (Å²) in [4.78, 5) is 55.2. The number of hydrogen-bond acceptors (Lipinski definition) is 8. The molecule has 10 nitrogen and oxygen atoms in total. The first-order valence-corrected chi connectivity index (χ1v) is 26.6. The van der Waals surface area contributed by atoms with Crippen LogP contribution in [0.5, 0.6) is 46.0 Å². The Morgan fingerprint density at radius 1 is 0.373 bits per heavy atom. The summed E-state index contributed by atoms with van der Waals surface area (Å²) >= 11 is 0. The summed E-state index contributed by atoms with van der Waals surface area (Å²) in [6.07, 6.45) is -4.64. The molecule has 0 bridgehead atoms. The molecule has 1 atom stereocenters. The van der Waals surface area contributed by atoms with Gasteiger partial charge in [0.05, 0.1) is 33.4 Å². The fourth-order valence-corrected chi connectivity index (χ4v) is 11.5. The maximum absolute atomic E-state index is 15.0. The van der Waals surface area contributed by atoms with E-state index in [1.165, 1.54) is 55.6 Å². The van der Waals surface area contributed by atoms with E-state index in [0.29, 0.717) is 57.1 Å². The number of anilines is 1. The van der Waals surface area contributed by atoms with Crippen LogP contribution in [0.4, 0.5) is 18.9 Å². The quantitative estimate of drug-likeness (QED) is 0.105. The molecular weight excluding hydrogens is 1050 g/mol. The molecule has 3 aliphatic rings. The van der Waals surface area contributed by atoms with E-state index in [0.717, 1.165) is 55.7 Å². The second kappa shape index (κ2) is 19.9. The third-order valence-corrected chi connectivity index (χ3v) is 15.9. The Hall–Kier alpha value is -10.5. The summed E-state index contributed by atoms with van der Waals surface area (Å²) in [5, 5.41) is 0. The van der Waals surface area contributed by atoms with E-state index in [1.54, 1.807) is 72.8 Å². The molecule has 0 aromatic heterocycles. The molecule has 2 heterocycles. The third kappa shape index (κ3) is 8.76. The van der Waals surface area contributed by atoms with E-state index < -0.39 is 28.8 Å². The first-order valence-electron chi connectivity index (χ1n) is 26.6. The van der Waals surface area contributed by atoms with Gasteiger partial charge in [-0.1, -0.05) is 115 Å². The van der Waals surface area contributed by atoms with Crippen molar-refractivity contribution in [1.29, 1.82) is 0 Å². The van der Waals surface area contributed by atoms with Crippen molar-refractivity contribution in [3.05, 3.63) is 292 Å². The minimum atomic E-state index is -4.64. The van der Waals surface area contributed by atoms with E-state index in [-0.39, 0.29) is 39.8 Å². The third-order valence-electron chi connectivity index (χ3n) is 15.9. The SMILES string of the molecule is Cc1ccc(Oc2ccc(C(C)(c3ccc(Oc4ccc(N5C(=O)c6ccc(Oc7ccc(C8(c9ccc(Oc%10ccc%11c(c%10)C(=O)N(C)C%11=O)cc9)c9ccccc9-c9ccccc98)cc7)cc6C5=O)cc4)cc3)C(F)(F)F)cc2)cc1. The lowest BCUT2D eigenvalue weighted by Crippen LogP contribution is -2.40. The van der Waals surface area contributed by atoms with Gasteiger partial charge in [0.15, 0.2) is 0 Å². The van der Waals surface area contributed by atoms with E-state index >= 15 is 0 Å². The number of alkyl halides is 3. The summed E-state index contributed by atoms with van der Waals surface area (Å²) < 4.78 is 69.4. The van der Waals surface area contributed by atoms with Crippen LogP contribution in [-0.2, 0) is 10.8 Å². The molecule has 0 N–H and O–H groups in total. The molecule has 406 valence electrons. The molecule has 0 spiro atoms. The van der Waals surface area contributed by atoms with Gasteiger partial charge in [-0.25, -0.2) is 4.90 Å². The van der Waals surface area contributed by atoms with E-state index in [9.17, 15) is 32.3 Å². The summed E-state index contributed by atoms with van der Waals surface area (Å²) in [5.74, 6) is 1.63. The van der Waals surface area contributed by atoms with Crippen LogP contribution < -0.4 is 23.8 Å². The highest BCUT2D eigenvalue weighted by Crippen LogP contribution is 2.56. The molecule has 0 saturated carbocycles. The van der Waals surface area contributed by atoms with Gasteiger partial charge in [-0.3, -0.25) is 24.1 Å². The summed E-state index contributed by atoms with van der Waals surface area (Å²) in [5.41, 5.74) is 5.64. The standard InChI is InChI=1S/C70H47F3N2O8/c1-42-12-24-48(25-13-42)80-49-26-14-43(15-27-49)68(2,70(71,72)73)44-16-28-50(29-17-44)81-53-34-22-47(23-35-53)75-66(78)59-39-37-55(41-61(59)67(75)79)83-52-32-20-46(21-33-52)69(62-10-6-4-8-56(62)57-9-5-7-11-63(57)69)45-18-30-51(31-19-45)82-54-36-38-58-60(40-54)65(77)74(3)64(58)76/h4-41H,1-3H3. The molecule has 83 heavy (non-hydrogen) atoms. The maximum atomic E-state index is 15.0. The number of benzene rings is 10. The van der Waals surface area contributed by atoms with Crippen molar-refractivity contribution in [2.24, 2.45) is 0 Å². The van der Waals surface area contributed by atoms with Crippen LogP contribution in [0.25, 0.3) is 11.1 Å². The normalized spacial score (nSPS) is 14.6. The van der Waals surface area contributed by atoms with Crippen LogP contribution in [-0.4, -0.2) is 41.8 Å². The van der Waals surface area contributed by atoms with Crippen LogP contribution in [0.2, 0.25) is 0 Å². The summed E-state index contributed by atoms with van der Waals surface area (Å²) in [6, 6.07) is 67.3. The predicted octanol–water partition coefficient (Wildman–Crippen LogP) is 16.4. The first-order chi connectivity index (χ1) is 40.1. The molecule has 4 amide bonds. The van der Waals surface area contributed by atoms with Gasteiger partial charge in [-0.2, -0.15) is 13.2 Å². The van der Waals surface area contributed by atoms with Crippen LogP contribution in [0.3, 0.4) is 0 Å². The van der Waals surface area contributed by atoms with Crippen molar-refractivity contribution in [2.75, 3.05) is 11.9 Å². The topological polar surface area (TPSA) is 112 Å². The first kappa shape index (κ1) is 51.9. The molecule has 13 heteroatoms. The van der Waals surface area contributed by atoms with Gasteiger partial charge in [0.1, 0.15) is 51.4 Å². The molecule has 1 unspecified atom stereocenters. The molecule has 10 aromatic rings. The Morgan fingerprint density at radius 3 is 1.16 bits per heavy atom. The Bertz CT molecular complexity index is 4190. The Kier molecular flexibility index (Phi) is 12.5. The van der Waals surface area contributed by atoms with Crippen molar-refractivity contribution < 1.29 is 51.3 Å². The summed E-state index contributed by atoms with van der Waals surface area (Å²) in [6.45, 7) is 3.09. The number of nitrogens with zero attached hydrogens (tertiary/aromatic N) is 2. The lowest BCUT2D eigenvalue weighted by molar-refractivity contribution is -0.173. The van der Waals surface area contributed by atoms with Gasteiger partial charge in [-0.05, 0) is 180 Å². The number of hydrogen-bond donors (Lipinski definition) is 0. The van der Waals surface area contributed by atoms with E-state index in [2.05, 4.69) is 24.3 Å². The van der Waals surface area contributed by atoms with Crippen LogP contribution in [0.15, 0.2) is 231 Å². The Morgan fingerprint density at radius 2 is 0.711 bits per heavy atom. The van der Waals surface area contributed by atoms with E-state index in [1.807, 2.05) is 91.9 Å². The second-order valence-electron chi connectivity index (χ2n) is 20.8. The molecule has 2 aliphatic heterocycles. The Labute approximate surface area is 475 Å². The molecular formula is C70H47F3N2O8. The minimum Gasteiger partial charge on any atom is -0.457 e. The average molecular weight is 1100 g/mol. The highest BCUT2D eigenvalue weighted by atomic mass is 19.4. The zero-order chi connectivity index (χ0) is 57.4. The fraction of sp³-hybridized carbons (Fsp3) is 0.0857. The van der Waals surface area contributed by atoms with Gasteiger partial charge < -0.3 is 18.9 Å². The lowest BCUT2D eigenvalue weighted by atomic mass is 9.68. The Balaban J connectivity index is 0.705. The summed E-state index contributed by atoms with van der Waals surface area (Å²) in [7, 11) is 1.46. The molecule has 0 saturated heterocycles. The smallest absolute Gasteiger partial charge is 0.402 e. The number of rotatable bonds is 13. The molecule has 10 aromatic carbocycles. The van der Waals surface area contributed by atoms with Gasteiger partial charge in [0.25, 0.3) is 23.6 Å². The van der Waals surface area contributed by atoms with Gasteiger partial charge in [0.2, 0.25) is 0 Å². The van der Waals surface area contributed by atoms with Gasteiger partial charge in [-0.15, -0.1) is 0 Å². The number of carbonyl (C=O) groups is 4. The van der Waals surface area contributed by atoms with Crippen LogP contribution >= 0.6 is 0 Å². The zero-order valence-electron chi connectivity index (χ0n) is 44.7. The maximum Gasteiger partial charge on any atom is 0.402 e. The largest absolute Gasteiger partial charge is 0.457 e. The van der Waals surface area contributed by atoms with Gasteiger partial charge >= 0.3 is 6.18 Å². The molecule has 1 aliphatic carbocycles. The van der Waals surface area contributed by atoms with Crippen molar-refractivity contribution in [2.45, 2.75) is 30.9 Å². The highest BCUT2D eigenvalue weighted by molar-refractivity contribution is 6.34. The number of halogens is 3. The van der Waals surface area contributed by atoms with Gasteiger partial charge in [0, 0.05) is 7.05 Å². The van der Waals surface area contributed by atoms with Crippen molar-refractivity contribution in [1.82, 2.24) is 4.90 Å². The van der Waals surface area contributed by atoms with Crippen molar-refractivity contribution >= 4 is 29.3 Å². The number of amides is 4. The fourth-order valence-electron chi connectivity index (χ4n) is 11.5. The van der Waals surface area contributed by atoms with E-state index in [4.69, 9.17) is 18.9 Å². The predicted molar refractivity (Wildman–Crippen MR) is 308 cm³/mol. The zero-order valence-corrected chi connectivity index (χ0v) is 44.7. The number of carbonyl (C=O) groups excluding carboxylic acids is 4.